The van der Waals surface area contributed by atoms with Crippen LogP contribution in [0.3, 0.4) is 0 Å². The summed E-state index contributed by atoms with van der Waals surface area (Å²) in [6, 6.07) is 8.28. The third-order valence-electron chi connectivity index (χ3n) is 4.78. The fourth-order valence-corrected chi connectivity index (χ4v) is 3.84. The number of carbonyl (C=O) groups excluding carboxylic acids is 1. The van der Waals surface area contributed by atoms with Crippen LogP contribution in [0.25, 0.3) is 0 Å². The molecule has 2 aliphatic rings. The van der Waals surface area contributed by atoms with E-state index in [1.54, 1.807) is 0 Å². The fourth-order valence-electron chi connectivity index (χ4n) is 3.84. The molecule has 0 bridgehead atoms. The van der Waals surface area contributed by atoms with Gasteiger partial charge in [0.15, 0.2) is 5.78 Å². The van der Waals surface area contributed by atoms with Crippen LogP contribution in [0, 0.1) is 5.41 Å². The minimum Gasteiger partial charge on any atom is -0.294 e. The number of hydrogen-bond donors (Lipinski definition) is 0. The maximum Gasteiger partial charge on any atom is 0.163 e. The van der Waals surface area contributed by atoms with E-state index >= 15 is 0 Å². The largest absolute Gasteiger partial charge is 0.294 e. The van der Waals surface area contributed by atoms with Gasteiger partial charge >= 0.3 is 0 Å². The summed E-state index contributed by atoms with van der Waals surface area (Å²) in [6.07, 6.45) is 7.20. The van der Waals surface area contributed by atoms with Crippen LogP contribution < -0.4 is 0 Å². The van der Waals surface area contributed by atoms with Crippen molar-refractivity contribution in [3.63, 3.8) is 0 Å². The Morgan fingerprint density at radius 1 is 1.18 bits per heavy atom. The molecule has 2 atom stereocenters. The molecule has 0 aromatic heterocycles. The summed E-state index contributed by atoms with van der Waals surface area (Å²) in [5.41, 5.74) is 2.55. The minimum absolute atomic E-state index is 0.224. The van der Waals surface area contributed by atoms with Crippen molar-refractivity contribution in [2.24, 2.45) is 5.41 Å². The van der Waals surface area contributed by atoms with E-state index < -0.39 is 0 Å². The topological polar surface area (TPSA) is 17.1 Å². The van der Waals surface area contributed by atoms with Gasteiger partial charge in [-0.2, -0.15) is 0 Å². The van der Waals surface area contributed by atoms with Gasteiger partial charge in [-0.15, -0.1) is 0 Å². The van der Waals surface area contributed by atoms with Crippen molar-refractivity contribution in [2.45, 2.75) is 51.4 Å². The first-order valence-corrected chi connectivity index (χ1v) is 6.83. The molecule has 17 heavy (non-hydrogen) atoms. The average molecular weight is 228 g/mol. The Kier molecular flexibility index (Phi) is 2.57. The monoisotopic (exact) mass is 228 g/mol. The second kappa shape index (κ2) is 3.97. The Labute approximate surface area is 103 Å². The summed E-state index contributed by atoms with van der Waals surface area (Å²) in [7, 11) is 0. The molecule has 0 heterocycles. The molecule has 1 heteroatoms. The number of carbonyl (C=O) groups is 1. The number of Topliss-reactive ketones (excluding diaryl/α,β-unsaturated/α-hetero) is 1. The molecule has 0 spiro atoms. The van der Waals surface area contributed by atoms with Gasteiger partial charge in [0, 0.05) is 12.0 Å². The van der Waals surface area contributed by atoms with Crippen molar-refractivity contribution in [3.05, 3.63) is 35.4 Å². The lowest BCUT2D eigenvalue weighted by atomic mass is 9.62. The number of fused-ring (bicyclic) bond motifs is 3. The van der Waals surface area contributed by atoms with Crippen LogP contribution in [0.4, 0.5) is 0 Å². The van der Waals surface area contributed by atoms with Crippen molar-refractivity contribution < 1.29 is 4.79 Å². The second-order valence-corrected chi connectivity index (χ2v) is 5.99. The average Bonchev–Trinajstić information content (AvgIpc) is 2.51. The summed E-state index contributed by atoms with van der Waals surface area (Å²) in [6.45, 7) is 2.33. The molecular weight excluding hydrogens is 208 g/mol. The molecule has 0 amide bonds. The quantitative estimate of drug-likeness (QED) is 0.646. The standard InChI is InChI=1S/C16H20O/c1-16-10-6-2-3-9-14(16)12-7-4-5-8-13(12)15(17)11-16/h4-5,7-8,14H,2-3,6,9-11H2,1H3/t14-,16+/m1/s1. The third-order valence-corrected chi connectivity index (χ3v) is 4.78. The van der Waals surface area contributed by atoms with Crippen molar-refractivity contribution in [1.82, 2.24) is 0 Å². The van der Waals surface area contributed by atoms with Gasteiger partial charge in [0.25, 0.3) is 0 Å². The Hall–Kier alpha value is -1.11. The lowest BCUT2D eigenvalue weighted by molar-refractivity contribution is 0.0852. The first kappa shape index (κ1) is 11.0. The predicted molar refractivity (Wildman–Crippen MR) is 69.3 cm³/mol. The molecular formula is C16H20O. The van der Waals surface area contributed by atoms with Crippen molar-refractivity contribution in [2.75, 3.05) is 0 Å². The molecule has 1 aromatic rings. The van der Waals surface area contributed by atoms with Crippen LogP contribution in [-0.2, 0) is 0 Å². The maximum absolute atomic E-state index is 12.3. The SMILES string of the molecule is C[C@@]12CCCCC[C@@H]1c1ccccc1C(=O)C2. The molecule has 1 aromatic carbocycles. The highest BCUT2D eigenvalue weighted by Gasteiger charge is 2.42. The number of ketones is 1. The summed E-state index contributed by atoms with van der Waals surface area (Å²) in [5.74, 6) is 0.972. The van der Waals surface area contributed by atoms with E-state index in [0.717, 1.165) is 12.0 Å². The molecule has 0 saturated heterocycles. The molecule has 0 unspecified atom stereocenters. The number of hydrogen-bond acceptors (Lipinski definition) is 1. The Bertz CT molecular complexity index is 449. The number of rotatable bonds is 0. The molecule has 90 valence electrons. The minimum atomic E-state index is 0.224. The van der Waals surface area contributed by atoms with Crippen LogP contribution >= 0.6 is 0 Å². The predicted octanol–water partition coefficient (Wildman–Crippen LogP) is 4.33. The van der Waals surface area contributed by atoms with Gasteiger partial charge in [-0.25, -0.2) is 0 Å². The highest BCUT2D eigenvalue weighted by Crippen LogP contribution is 2.52. The summed E-state index contributed by atoms with van der Waals surface area (Å²) in [4.78, 5) is 12.3. The van der Waals surface area contributed by atoms with Gasteiger partial charge in [-0.3, -0.25) is 4.79 Å². The first-order valence-electron chi connectivity index (χ1n) is 6.83. The van der Waals surface area contributed by atoms with Gasteiger partial charge in [0.1, 0.15) is 0 Å². The molecule has 3 rings (SSSR count). The second-order valence-electron chi connectivity index (χ2n) is 5.99. The lowest BCUT2D eigenvalue weighted by Crippen LogP contribution is -2.33. The molecule has 0 N–H and O–H groups in total. The molecule has 1 saturated carbocycles. The molecule has 0 radical (unpaired) electrons. The zero-order valence-corrected chi connectivity index (χ0v) is 10.5. The van der Waals surface area contributed by atoms with Crippen LogP contribution in [0.2, 0.25) is 0 Å². The fraction of sp³-hybridized carbons (Fsp3) is 0.562. The smallest absolute Gasteiger partial charge is 0.163 e. The summed E-state index contributed by atoms with van der Waals surface area (Å²) < 4.78 is 0. The van der Waals surface area contributed by atoms with Gasteiger partial charge in [0.2, 0.25) is 0 Å². The van der Waals surface area contributed by atoms with Gasteiger partial charge in [0.05, 0.1) is 0 Å². The van der Waals surface area contributed by atoms with Gasteiger partial charge in [-0.05, 0) is 29.7 Å². The van der Waals surface area contributed by atoms with Gasteiger partial charge < -0.3 is 0 Å². The zero-order chi connectivity index (χ0) is 11.9. The third kappa shape index (κ3) is 1.72. The molecule has 1 nitrogen and oxygen atoms in total. The van der Waals surface area contributed by atoms with Crippen LogP contribution in [0.15, 0.2) is 24.3 Å². The highest BCUT2D eigenvalue weighted by atomic mass is 16.1. The Morgan fingerprint density at radius 2 is 2.00 bits per heavy atom. The van der Waals surface area contributed by atoms with Crippen molar-refractivity contribution >= 4 is 5.78 Å². The highest BCUT2D eigenvalue weighted by molar-refractivity contribution is 5.99. The lowest BCUT2D eigenvalue weighted by Gasteiger charge is -2.41. The van der Waals surface area contributed by atoms with Crippen LogP contribution in [0.1, 0.15) is 67.3 Å². The molecule has 0 aliphatic heterocycles. The summed E-state index contributed by atoms with van der Waals surface area (Å²) >= 11 is 0. The first-order chi connectivity index (χ1) is 8.21. The van der Waals surface area contributed by atoms with Crippen molar-refractivity contribution in [3.8, 4) is 0 Å². The van der Waals surface area contributed by atoms with Crippen LogP contribution in [-0.4, -0.2) is 5.78 Å². The van der Waals surface area contributed by atoms with E-state index in [2.05, 4.69) is 19.1 Å². The number of benzene rings is 1. The van der Waals surface area contributed by atoms with E-state index in [0.29, 0.717) is 11.7 Å². The van der Waals surface area contributed by atoms with E-state index in [-0.39, 0.29) is 5.41 Å². The molecule has 2 aliphatic carbocycles. The van der Waals surface area contributed by atoms with Crippen molar-refractivity contribution in [1.29, 1.82) is 0 Å². The molecule has 1 fully saturated rings. The van der Waals surface area contributed by atoms with Gasteiger partial charge in [-0.1, -0.05) is 50.5 Å². The van der Waals surface area contributed by atoms with E-state index in [4.69, 9.17) is 0 Å². The Morgan fingerprint density at radius 3 is 2.88 bits per heavy atom. The van der Waals surface area contributed by atoms with E-state index in [1.165, 1.54) is 37.7 Å². The van der Waals surface area contributed by atoms with E-state index in [1.807, 2.05) is 12.1 Å². The normalized spacial score (nSPS) is 32.5. The maximum atomic E-state index is 12.3. The van der Waals surface area contributed by atoms with E-state index in [9.17, 15) is 4.79 Å². The zero-order valence-electron chi connectivity index (χ0n) is 10.5. The Balaban J connectivity index is 2.11. The van der Waals surface area contributed by atoms with Crippen LogP contribution in [0.5, 0.6) is 0 Å². The summed E-state index contributed by atoms with van der Waals surface area (Å²) in [5, 5.41) is 0.